The van der Waals surface area contributed by atoms with Gasteiger partial charge in [0.15, 0.2) is 0 Å². The van der Waals surface area contributed by atoms with Gasteiger partial charge in [0.25, 0.3) is 10.0 Å². The van der Waals surface area contributed by atoms with Crippen LogP contribution in [-0.2, 0) is 10.0 Å². The summed E-state index contributed by atoms with van der Waals surface area (Å²) in [4.78, 5) is 8.43. The van der Waals surface area contributed by atoms with E-state index in [1.165, 1.54) is 18.2 Å². The van der Waals surface area contributed by atoms with E-state index in [9.17, 15) is 13.5 Å². The van der Waals surface area contributed by atoms with Crippen LogP contribution >= 0.6 is 0 Å². The minimum absolute atomic E-state index is 0.109. The summed E-state index contributed by atoms with van der Waals surface area (Å²) in [5, 5.41) is 9.60. The van der Waals surface area contributed by atoms with Crippen LogP contribution in [0.1, 0.15) is 0 Å². The summed E-state index contributed by atoms with van der Waals surface area (Å²) in [7, 11) is -4.01. The summed E-state index contributed by atoms with van der Waals surface area (Å²) in [6.45, 7) is 0. The zero-order chi connectivity index (χ0) is 21.0. The fourth-order valence-corrected chi connectivity index (χ4v) is 3.70. The van der Waals surface area contributed by atoms with Gasteiger partial charge < -0.3 is 9.84 Å². The van der Waals surface area contributed by atoms with Gasteiger partial charge in [0.2, 0.25) is 11.8 Å². The van der Waals surface area contributed by atoms with Gasteiger partial charge in [-0.2, -0.15) is 4.98 Å². The number of aromatic hydroxyl groups is 1. The fraction of sp³-hybridized carbons (Fsp3) is 0. The van der Waals surface area contributed by atoms with E-state index in [1.54, 1.807) is 18.2 Å². The molecule has 0 fully saturated rings. The molecule has 4 rings (SSSR count). The number of para-hydroxylation sites is 1. The second-order valence-electron chi connectivity index (χ2n) is 6.30. The summed E-state index contributed by atoms with van der Waals surface area (Å²) in [6, 6.07) is 25.3. The van der Waals surface area contributed by atoms with Gasteiger partial charge in [0, 0.05) is 17.7 Å². The minimum Gasteiger partial charge on any atom is -0.508 e. The summed E-state index contributed by atoms with van der Waals surface area (Å²) in [5.74, 6) is 0.427. The maximum atomic E-state index is 12.7. The molecule has 0 saturated carbocycles. The summed E-state index contributed by atoms with van der Waals surface area (Å²) in [5.41, 5.74) is 1.26. The molecule has 0 spiro atoms. The molecule has 0 aliphatic heterocycles. The Morgan fingerprint density at radius 3 is 2.20 bits per heavy atom. The lowest BCUT2D eigenvalue weighted by Gasteiger charge is -2.11. The van der Waals surface area contributed by atoms with Gasteiger partial charge in [0.05, 0.1) is 10.6 Å². The lowest BCUT2D eigenvalue weighted by Crippen LogP contribution is -2.15. The highest BCUT2D eigenvalue weighted by molar-refractivity contribution is 7.92. The topological polar surface area (TPSA) is 101 Å². The minimum atomic E-state index is -4.01. The number of anilines is 1. The van der Waals surface area contributed by atoms with Gasteiger partial charge in [-0.25, -0.2) is 18.1 Å². The third kappa shape index (κ3) is 4.56. The first-order valence-electron chi connectivity index (χ1n) is 8.99. The summed E-state index contributed by atoms with van der Waals surface area (Å²) in [6.07, 6.45) is 0. The predicted molar refractivity (Wildman–Crippen MR) is 113 cm³/mol. The standard InChI is InChI=1S/C22H17N3O4S/c26-17-10-7-13-19(14-17)30(27,28)25-22-23-20(16-8-3-1-4-9-16)15-21(24-22)29-18-11-5-2-6-12-18/h1-15,26H,(H,23,24,25). The van der Waals surface area contributed by atoms with Crippen molar-refractivity contribution >= 4 is 16.0 Å². The molecule has 30 heavy (non-hydrogen) atoms. The van der Waals surface area contributed by atoms with E-state index < -0.39 is 10.0 Å². The molecule has 0 aliphatic carbocycles. The Kier molecular flexibility index (Phi) is 5.32. The quantitative estimate of drug-likeness (QED) is 0.479. The predicted octanol–water partition coefficient (Wildman–Crippen LogP) is 4.44. The van der Waals surface area contributed by atoms with Crippen molar-refractivity contribution in [3.05, 3.63) is 91.0 Å². The van der Waals surface area contributed by atoms with Crippen molar-refractivity contribution in [2.24, 2.45) is 0 Å². The maximum absolute atomic E-state index is 12.7. The molecule has 0 unspecified atom stereocenters. The Bertz CT molecular complexity index is 1260. The van der Waals surface area contributed by atoms with Gasteiger partial charge in [-0.1, -0.05) is 54.6 Å². The SMILES string of the molecule is O=S(=O)(Nc1nc(Oc2ccccc2)cc(-c2ccccc2)n1)c1cccc(O)c1. The highest BCUT2D eigenvalue weighted by Gasteiger charge is 2.18. The molecule has 3 aromatic carbocycles. The van der Waals surface area contributed by atoms with Crippen molar-refractivity contribution in [3.63, 3.8) is 0 Å². The Balaban J connectivity index is 1.74. The Labute approximate surface area is 173 Å². The van der Waals surface area contributed by atoms with Crippen molar-refractivity contribution in [1.29, 1.82) is 0 Å². The fourth-order valence-electron chi connectivity index (χ4n) is 2.72. The number of nitrogens with zero attached hydrogens (tertiary/aromatic N) is 2. The number of phenols is 1. The van der Waals surface area contributed by atoms with Crippen LogP contribution in [0.15, 0.2) is 95.9 Å². The smallest absolute Gasteiger partial charge is 0.264 e. The number of ether oxygens (including phenoxy) is 1. The average molecular weight is 419 g/mol. The van der Waals surface area contributed by atoms with Crippen LogP contribution in [0.2, 0.25) is 0 Å². The molecule has 0 radical (unpaired) electrons. The third-order valence-electron chi connectivity index (χ3n) is 4.09. The number of nitrogens with one attached hydrogen (secondary N) is 1. The molecule has 0 saturated heterocycles. The number of phenolic OH excluding ortho intramolecular Hbond substituents is 1. The second-order valence-corrected chi connectivity index (χ2v) is 7.98. The molecule has 0 amide bonds. The molecule has 4 aromatic rings. The highest BCUT2D eigenvalue weighted by atomic mass is 32.2. The second kappa shape index (κ2) is 8.22. The van der Waals surface area contributed by atoms with E-state index in [2.05, 4.69) is 14.7 Å². The van der Waals surface area contributed by atoms with Crippen LogP contribution < -0.4 is 9.46 Å². The van der Waals surface area contributed by atoms with Crippen molar-refractivity contribution in [2.75, 3.05) is 4.72 Å². The average Bonchev–Trinajstić information content (AvgIpc) is 2.75. The lowest BCUT2D eigenvalue weighted by atomic mass is 10.1. The summed E-state index contributed by atoms with van der Waals surface area (Å²) >= 11 is 0. The largest absolute Gasteiger partial charge is 0.508 e. The normalized spacial score (nSPS) is 11.1. The molecule has 0 bridgehead atoms. The van der Waals surface area contributed by atoms with Gasteiger partial charge in [-0.05, 0) is 24.3 Å². The number of hydrogen-bond donors (Lipinski definition) is 2. The van der Waals surface area contributed by atoms with Crippen LogP contribution in [0, 0.1) is 0 Å². The van der Waals surface area contributed by atoms with Gasteiger partial charge in [-0.3, -0.25) is 0 Å². The molecule has 1 aromatic heterocycles. The number of aromatic nitrogens is 2. The molecule has 8 heteroatoms. The van der Waals surface area contributed by atoms with Crippen LogP contribution in [0.5, 0.6) is 17.4 Å². The van der Waals surface area contributed by atoms with Gasteiger partial charge in [0.1, 0.15) is 11.5 Å². The van der Waals surface area contributed by atoms with Crippen LogP contribution in [0.3, 0.4) is 0 Å². The Morgan fingerprint density at radius 2 is 1.50 bits per heavy atom. The van der Waals surface area contributed by atoms with Crippen LogP contribution in [0.25, 0.3) is 11.3 Å². The zero-order valence-corrected chi connectivity index (χ0v) is 16.5. The first-order valence-corrected chi connectivity index (χ1v) is 10.5. The molecule has 2 N–H and O–H groups in total. The van der Waals surface area contributed by atoms with E-state index in [0.717, 1.165) is 11.6 Å². The van der Waals surface area contributed by atoms with Crippen molar-refractivity contribution in [2.45, 2.75) is 4.90 Å². The Morgan fingerprint density at radius 1 is 0.800 bits per heavy atom. The van der Waals surface area contributed by atoms with Gasteiger partial charge in [-0.15, -0.1) is 0 Å². The molecular formula is C22H17N3O4S. The Hall–Kier alpha value is -3.91. The number of sulfonamides is 1. The molecule has 0 aliphatic rings. The first kappa shape index (κ1) is 19.4. The molecule has 150 valence electrons. The van der Waals surface area contributed by atoms with Crippen molar-refractivity contribution < 1.29 is 18.3 Å². The van der Waals surface area contributed by atoms with Crippen LogP contribution in [0.4, 0.5) is 5.95 Å². The van der Waals surface area contributed by atoms with E-state index in [-0.39, 0.29) is 22.5 Å². The van der Waals surface area contributed by atoms with E-state index in [4.69, 9.17) is 4.74 Å². The lowest BCUT2D eigenvalue weighted by molar-refractivity contribution is 0.463. The van der Waals surface area contributed by atoms with Crippen molar-refractivity contribution in [3.8, 4) is 28.6 Å². The monoisotopic (exact) mass is 419 g/mol. The van der Waals surface area contributed by atoms with Crippen LogP contribution in [-0.4, -0.2) is 23.5 Å². The summed E-state index contributed by atoms with van der Waals surface area (Å²) < 4.78 is 33.6. The van der Waals surface area contributed by atoms with E-state index in [0.29, 0.717) is 11.4 Å². The highest BCUT2D eigenvalue weighted by Crippen LogP contribution is 2.27. The first-order chi connectivity index (χ1) is 14.5. The van der Waals surface area contributed by atoms with Gasteiger partial charge >= 0.3 is 0 Å². The molecule has 1 heterocycles. The van der Waals surface area contributed by atoms with E-state index >= 15 is 0 Å². The number of rotatable bonds is 6. The number of benzene rings is 3. The molecule has 7 nitrogen and oxygen atoms in total. The molecule has 0 atom stereocenters. The zero-order valence-electron chi connectivity index (χ0n) is 15.6. The maximum Gasteiger partial charge on any atom is 0.264 e. The van der Waals surface area contributed by atoms with Crippen molar-refractivity contribution in [1.82, 2.24) is 9.97 Å². The molecular weight excluding hydrogens is 402 g/mol. The third-order valence-corrected chi connectivity index (χ3v) is 5.42. The number of hydrogen-bond acceptors (Lipinski definition) is 6. The van der Waals surface area contributed by atoms with E-state index in [1.807, 2.05) is 48.5 Å².